The standard InChI is InChI=1S/C12H14BrNO3/c13-11-6-5-9(7-12(11)14(15)16)8-17-10-3-1-2-4-10/h5-7,10H,1-4,8H2. The highest BCUT2D eigenvalue weighted by atomic mass is 79.9. The third-order valence-electron chi connectivity index (χ3n) is 3.00. The lowest BCUT2D eigenvalue weighted by Crippen LogP contribution is -2.07. The van der Waals surface area contributed by atoms with Gasteiger partial charge in [-0.25, -0.2) is 0 Å². The van der Waals surface area contributed by atoms with Gasteiger partial charge >= 0.3 is 0 Å². The lowest BCUT2D eigenvalue weighted by atomic mass is 10.2. The Morgan fingerprint density at radius 1 is 1.41 bits per heavy atom. The number of nitro groups is 1. The first kappa shape index (κ1) is 12.5. The summed E-state index contributed by atoms with van der Waals surface area (Å²) in [6.45, 7) is 0.457. The van der Waals surface area contributed by atoms with Crippen molar-refractivity contribution in [2.24, 2.45) is 0 Å². The number of nitro benzene ring substituents is 1. The summed E-state index contributed by atoms with van der Waals surface area (Å²) in [5.41, 5.74) is 0.948. The molecule has 92 valence electrons. The van der Waals surface area contributed by atoms with E-state index in [4.69, 9.17) is 4.74 Å². The molecule has 0 bridgehead atoms. The lowest BCUT2D eigenvalue weighted by molar-refractivity contribution is -0.385. The van der Waals surface area contributed by atoms with Crippen LogP contribution in [0.15, 0.2) is 22.7 Å². The van der Waals surface area contributed by atoms with Crippen LogP contribution < -0.4 is 0 Å². The van der Waals surface area contributed by atoms with E-state index in [9.17, 15) is 10.1 Å². The SMILES string of the molecule is O=[N+]([O-])c1cc(COC2CCCC2)ccc1Br. The third-order valence-corrected chi connectivity index (χ3v) is 3.67. The Hall–Kier alpha value is -0.940. The van der Waals surface area contributed by atoms with Gasteiger partial charge in [0.25, 0.3) is 5.69 Å². The molecule has 1 aromatic rings. The molecule has 1 saturated carbocycles. The van der Waals surface area contributed by atoms with Gasteiger partial charge in [-0.2, -0.15) is 0 Å². The van der Waals surface area contributed by atoms with Crippen molar-refractivity contribution in [3.63, 3.8) is 0 Å². The van der Waals surface area contributed by atoms with Gasteiger partial charge in [0.1, 0.15) is 0 Å². The van der Waals surface area contributed by atoms with Crippen molar-refractivity contribution < 1.29 is 9.66 Å². The Bertz CT molecular complexity index is 416. The minimum Gasteiger partial charge on any atom is -0.374 e. The minimum absolute atomic E-state index is 0.0949. The van der Waals surface area contributed by atoms with Gasteiger partial charge in [-0.3, -0.25) is 10.1 Å². The van der Waals surface area contributed by atoms with Crippen molar-refractivity contribution in [2.75, 3.05) is 0 Å². The molecule has 0 aromatic heterocycles. The molecule has 0 aliphatic heterocycles. The lowest BCUT2D eigenvalue weighted by Gasteiger charge is -2.10. The molecule has 5 heteroatoms. The van der Waals surface area contributed by atoms with Gasteiger partial charge in [-0.15, -0.1) is 0 Å². The highest BCUT2D eigenvalue weighted by Crippen LogP contribution is 2.27. The maximum atomic E-state index is 10.8. The van der Waals surface area contributed by atoms with Crippen molar-refractivity contribution in [3.05, 3.63) is 38.3 Å². The van der Waals surface area contributed by atoms with Gasteiger partial charge in [-0.1, -0.05) is 18.9 Å². The van der Waals surface area contributed by atoms with Crippen LogP contribution in [0.2, 0.25) is 0 Å². The van der Waals surface area contributed by atoms with Crippen molar-refractivity contribution >= 4 is 21.6 Å². The van der Waals surface area contributed by atoms with E-state index in [-0.39, 0.29) is 10.6 Å². The second kappa shape index (κ2) is 5.60. The van der Waals surface area contributed by atoms with Crippen molar-refractivity contribution in [2.45, 2.75) is 38.4 Å². The molecule has 1 aromatic carbocycles. The maximum Gasteiger partial charge on any atom is 0.283 e. The summed E-state index contributed by atoms with van der Waals surface area (Å²) in [7, 11) is 0. The van der Waals surface area contributed by atoms with Crippen molar-refractivity contribution in [1.29, 1.82) is 0 Å². The van der Waals surface area contributed by atoms with E-state index in [1.54, 1.807) is 12.1 Å². The Kier molecular flexibility index (Phi) is 4.12. The number of ether oxygens (including phenoxy) is 1. The van der Waals surface area contributed by atoms with Crippen LogP contribution in [0.1, 0.15) is 31.2 Å². The first-order chi connectivity index (χ1) is 8.16. The summed E-state index contributed by atoms with van der Waals surface area (Å²) >= 11 is 3.17. The second-order valence-electron chi connectivity index (χ2n) is 4.26. The van der Waals surface area contributed by atoms with Crippen LogP contribution in [-0.2, 0) is 11.3 Å². The summed E-state index contributed by atoms with van der Waals surface area (Å²) < 4.78 is 6.23. The van der Waals surface area contributed by atoms with E-state index in [2.05, 4.69) is 15.9 Å². The first-order valence-electron chi connectivity index (χ1n) is 5.71. The molecular weight excluding hydrogens is 286 g/mol. The molecule has 0 N–H and O–H groups in total. The normalized spacial score (nSPS) is 16.3. The molecular formula is C12H14BrNO3. The molecule has 17 heavy (non-hydrogen) atoms. The summed E-state index contributed by atoms with van der Waals surface area (Å²) in [5.74, 6) is 0. The van der Waals surface area contributed by atoms with E-state index < -0.39 is 0 Å². The fourth-order valence-electron chi connectivity index (χ4n) is 2.06. The molecule has 0 atom stereocenters. The van der Waals surface area contributed by atoms with Crippen LogP contribution in [0.25, 0.3) is 0 Å². The Morgan fingerprint density at radius 3 is 2.76 bits per heavy atom. The number of rotatable bonds is 4. The fraction of sp³-hybridized carbons (Fsp3) is 0.500. The van der Waals surface area contributed by atoms with Crippen LogP contribution in [0.4, 0.5) is 5.69 Å². The predicted octanol–water partition coefficient (Wildman–Crippen LogP) is 3.82. The molecule has 0 saturated heterocycles. The number of nitrogens with zero attached hydrogens (tertiary/aromatic N) is 1. The smallest absolute Gasteiger partial charge is 0.283 e. The van der Waals surface area contributed by atoms with Crippen LogP contribution in [-0.4, -0.2) is 11.0 Å². The fourth-order valence-corrected chi connectivity index (χ4v) is 2.45. The van der Waals surface area contributed by atoms with Crippen molar-refractivity contribution in [1.82, 2.24) is 0 Å². The number of hydrogen-bond acceptors (Lipinski definition) is 3. The number of halogens is 1. The van der Waals surface area contributed by atoms with Gasteiger partial charge in [0, 0.05) is 6.07 Å². The maximum absolute atomic E-state index is 10.8. The Morgan fingerprint density at radius 2 is 2.12 bits per heavy atom. The predicted molar refractivity (Wildman–Crippen MR) is 67.8 cm³/mol. The zero-order valence-electron chi connectivity index (χ0n) is 9.39. The van der Waals surface area contributed by atoms with Crippen LogP contribution >= 0.6 is 15.9 Å². The minimum atomic E-state index is -0.386. The van der Waals surface area contributed by atoms with Crippen LogP contribution in [0.5, 0.6) is 0 Å². The van der Waals surface area contributed by atoms with Crippen LogP contribution in [0.3, 0.4) is 0 Å². The van der Waals surface area contributed by atoms with Gasteiger partial charge < -0.3 is 4.74 Å². The highest BCUT2D eigenvalue weighted by Gasteiger charge is 2.16. The Labute approximate surface area is 108 Å². The number of hydrogen-bond donors (Lipinski definition) is 0. The van der Waals surface area contributed by atoms with E-state index in [1.807, 2.05) is 6.07 Å². The van der Waals surface area contributed by atoms with E-state index >= 15 is 0 Å². The topological polar surface area (TPSA) is 52.4 Å². The molecule has 1 fully saturated rings. The van der Waals surface area contributed by atoms with Gasteiger partial charge in [-0.05, 0) is 40.4 Å². The monoisotopic (exact) mass is 299 g/mol. The Balaban J connectivity index is 2.00. The molecule has 0 spiro atoms. The van der Waals surface area contributed by atoms with Crippen LogP contribution in [0, 0.1) is 10.1 Å². The zero-order valence-corrected chi connectivity index (χ0v) is 11.0. The quantitative estimate of drug-likeness (QED) is 0.627. The molecule has 1 aliphatic rings. The summed E-state index contributed by atoms with van der Waals surface area (Å²) in [6.07, 6.45) is 5.01. The van der Waals surface area contributed by atoms with E-state index in [0.717, 1.165) is 18.4 Å². The van der Waals surface area contributed by atoms with E-state index in [1.165, 1.54) is 12.8 Å². The average molecular weight is 300 g/mol. The summed E-state index contributed by atoms with van der Waals surface area (Å²) in [4.78, 5) is 10.4. The largest absolute Gasteiger partial charge is 0.374 e. The molecule has 0 radical (unpaired) electrons. The summed E-state index contributed by atoms with van der Waals surface area (Å²) in [6, 6.07) is 5.12. The first-order valence-corrected chi connectivity index (χ1v) is 6.50. The van der Waals surface area contributed by atoms with Gasteiger partial charge in [0.05, 0.1) is 22.1 Å². The van der Waals surface area contributed by atoms with E-state index in [0.29, 0.717) is 17.2 Å². The number of benzene rings is 1. The molecule has 0 amide bonds. The molecule has 0 unspecified atom stereocenters. The molecule has 4 nitrogen and oxygen atoms in total. The van der Waals surface area contributed by atoms with Gasteiger partial charge in [0.2, 0.25) is 0 Å². The van der Waals surface area contributed by atoms with Crippen molar-refractivity contribution in [3.8, 4) is 0 Å². The molecule has 2 rings (SSSR count). The zero-order chi connectivity index (χ0) is 12.3. The third kappa shape index (κ3) is 3.26. The molecule has 0 heterocycles. The highest BCUT2D eigenvalue weighted by molar-refractivity contribution is 9.10. The van der Waals surface area contributed by atoms with Gasteiger partial charge in [0.15, 0.2) is 0 Å². The second-order valence-corrected chi connectivity index (χ2v) is 5.11. The average Bonchev–Trinajstić information content (AvgIpc) is 2.80. The molecule has 1 aliphatic carbocycles. The summed E-state index contributed by atoms with van der Waals surface area (Å²) in [5, 5.41) is 10.8.